The third kappa shape index (κ3) is 7.79. The monoisotopic (exact) mass is 681 g/mol. The van der Waals surface area contributed by atoms with Crippen LogP contribution in [0.4, 0.5) is 20.6 Å². The lowest BCUT2D eigenvalue weighted by molar-refractivity contribution is -0.127. The van der Waals surface area contributed by atoms with Crippen LogP contribution in [0.2, 0.25) is 10.0 Å². The van der Waals surface area contributed by atoms with Crippen LogP contribution in [0.1, 0.15) is 5.56 Å². The molecule has 0 saturated carbocycles. The van der Waals surface area contributed by atoms with Gasteiger partial charge in [0.25, 0.3) is 17.1 Å². The summed E-state index contributed by atoms with van der Waals surface area (Å²) in [7, 11) is 1.41. The van der Waals surface area contributed by atoms with Crippen molar-refractivity contribution in [2.24, 2.45) is 0 Å². The van der Waals surface area contributed by atoms with Gasteiger partial charge in [-0.2, -0.15) is 0 Å². The van der Waals surface area contributed by atoms with E-state index in [1.165, 1.54) is 25.3 Å². The minimum Gasteiger partial charge on any atom is -0.493 e. The predicted molar refractivity (Wildman–Crippen MR) is 159 cm³/mol. The second kappa shape index (κ2) is 13.4. The van der Waals surface area contributed by atoms with Gasteiger partial charge in [0.1, 0.15) is 12.4 Å². The number of anilines is 2. The molecule has 0 atom stereocenters. The van der Waals surface area contributed by atoms with Crippen molar-refractivity contribution in [3.63, 3.8) is 0 Å². The summed E-state index contributed by atoms with van der Waals surface area (Å²) < 4.78 is 25.0. The van der Waals surface area contributed by atoms with E-state index < -0.39 is 35.3 Å². The zero-order chi connectivity index (χ0) is 29.7. The first-order chi connectivity index (χ1) is 19.5. The number of methoxy groups -OCH3 is 1. The van der Waals surface area contributed by atoms with Crippen molar-refractivity contribution in [3.05, 3.63) is 85.4 Å². The van der Waals surface area contributed by atoms with Gasteiger partial charge in [0.15, 0.2) is 18.1 Å². The van der Waals surface area contributed by atoms with Gasteiger partial charge in [-0.15, -0.1) is 0 Å². The van der Waals surface area contributed by atoms with Gasteiger partial charge in [-0.1, -0.05) is 29.3 Å². The maximum atomic E-state index is 13.3. The Hall–Kier alpha value is -3.58. The Bertz CT molecular complexity index is 1590. The van der Waals surface area contributed by atoms with Gasteiger partial charge in [-0.3, -0.25) is 24.1 Å². The lowest BCUT2D eigenvalue weighted by Crippen LogP contribution is -2.36. The Balaban J connectivity index is 1.38. The maximum absolute atomic E-state index is 13.3. The first-order valence-corrected chi connectivity index (χ1v) is 14.0. The number of amides is 4. The maximum Gasteiger partial charge on any atom is 0.294 e. The van der Waals surface area contributed by atoms with Crippen LogP contribution in [-0.4, -0.2) is 48.1 Å². The van der Waals surface area contributed by atoms with Gasteiger partial charge in [-0.25, -0.2) is 4.39 Å². The molecule has 1 aliphatic heterocycles. The molecule has 1 heterocycles. The highest BCUT2D eigenvalue weighted by Crippen LogP contribution is 2.35. The summed E-state index contributed by atoms with van der Waals surface area (Å²) in [5.41, 5.74) is 1.23. The zero-order valence-electron chi connectivity index (χ0n) is 21.0. The van der Waals surface area contributed by atoms with Crippen LogP contribution >= 0.6 is 50.9 Å². The van der Waals surface area contributed by atoms with Crippen LogP contribution in [0.15, 0.2) is 64.0 Å². The van der Waals surface area contributed by atoms with Crippen LogP contribution in [0.25, 0.3) is 6.08 Å². The number of rotatable bonds is 9. The van der Waals surface area contributed by atoms with Crippen molar-refractivity contribution in [1.29, 1.82) is 0 Å². The van der Waals surface area contributed by atoms with E-state index in [-0.39, 0.29) is 33.7 Å². The molecule has 1 aliphatic rings. The van der Waals surface area contributed by atoms with Crippen molar-refractivity contribution < 1.29 is 33.0 Å². The first-order valence-electron chi connectivity index (χ1n) is 11.6. The molecule has 3 aromatic rings. The van der Waals surface area contributed by atoms with E-state index in [2.05, 4.69) is 26.6 Å². The molecule has 0 radical (unpaired) electrons. The minimum atomic E-state index is -0.660. The standard InChI is InChI=1S/C27H19BrCl2FN3O6S/c1-39-22-8-14(2-7-21(22)40-13-25(36)33-15-3-5-17(28)18(29)10-15)9-23-26(37)34(27(38)41-23)12-24(35)32-16-4-6-20(31)19(30)11-16/h2-11H,12-13H2,1H3,(H,32,35)(H,33,36)/b23-9+. The average Bonchev–Trinajstić information content (AvgIpc) is 3.19. The second-order valence-electron chi connectivity index (χ2n) is 8.32. The summed E-state index contributed by atoms with van der Waals surface area (Å²) in [5, 5.41) is 4.78. The molecule has 4 amide bonds. The SMILES string of the molecule is COc1cc(/C=C2/SC(=O)N(CC(=O)Nc3ccc(F)c(Cl)c3)C2=O)ccc1OCC(=O)Nc1ccc(Br)c(Cl)c1. The number of ether oxygens (including phenoxy) is 2. The number of carbonyl (C=O) groups excluding carboxylic acids is 4. The number of nitrogens with one attached hydrogen (secondary N) is 2. The Morgan fingerprint density at radius 2 is 1.66 bits per heavy atom. The van der Waals surface area contributed by atoms with Gasteiger partial charge in [0.05, 0.1) is 22.1 Å². The molecule has 0 spiro atoms. The fraction of sp³-hybridized carbons (Fsp3) is 0.111. The number of imide groups is 1. The first kappa shape index (κ1) is 30.4. The number of hydrogen-bond donors (Lipinski definition) is 2. The topological polar surface area (TPSA) is 114 Å². The quantitative estimate of drug-likeness (QED) is 0.245. The smallest absolute Gasteiger partial charge is 0.294 e. The van der Waals surface area contributed by atoms with Gasteiger partial charge < -0.3 is 20.1 Å². The summed E-state index contributed by atoms with van der Waals surface area (Å²) in [4.78, 5) is 50.9. The molecular weight excluding hydrogens is 664 g/mol. The van der Waals surface area contributed by atoms with E-state index in [0.717, 1.165) is 11.0 Å². The number of benzene rings is 3. The number of thioether (sulfide) groups is 1. The molecular formula is C27H19BrCl2FN3O6S. The Kier molecular flexibility index (Phi) is 9.92. The molecule has 3 aromatic carbocycles. The molecule has 0 aliphatic carbocycles. The Morgan fingerprint density at radius 1 is 0.976 bits per heavy atom. The summed E-state index contributed by atoms with van der Waals surface area (Å²) in [6.07, 6.45) is 1.47. The normalized spacial score (nSPS) is 13.9. The van der Waals surface area contributed by atoms with Gasteiger partial charge >= 0.3 is 0 Å². The summed E-state index contributed by atoms with van der Waals surface area (Å²) in [6, 6.07) is 13.3. The highest BCUT2D eigenvalue weighted by atomic mass is 79.9. The van der Waals surface area contributed by atoms with E-state index in [4.69, 9.17) is 32.7 Å². The molecule has 0 unspecified atom stereocenters. The molecule has 4 rings (SSSR count). The Morgan fingerprint density at radius 3 is 2.34 bits per heavy atom. The minimum absolute atomic E-state index is 0.0934. The lowest BCUT2D eigenvalue weighted by atomic mass is 10.2. The fourth-order valence-corrected chi connectivity index (χ4v) is 4.96. The molecule has 1 saturated heterocycles. The number of halogens is 4. The van der Waals surface area contributed by atoms with Crippen molar-refractivity contribution in [2.75, 3.05) is 30.9 Å². The van der Waals surface area contributed by atoms with Crippen LogP contribution in [-0.2, 0) is 14.4 Å². The molecule has 212 valence electrons. The number of hydrogen-bond acceptors (Lipinski definition) is 7. The molecule has 14 heteroatoms. The third-order valence-electron chi connectivity index (χ3n) is 5.43. The largest absolute Gasteiger partial charge is 0.493 e. The van der Waals surface area contributed by atoms with Crippen molar-refractivity contribution in [2.45, 2.75) is 0 Å². The van der Waals surface area contributed by atoms with Crippen LogP contribution in [0.5, 0.6) is 11.5 Å². The lowest BCUT2D eigenvalue weighted by Gasteiger charge is -2.13. The molecule has 0 bridgehead atoms. The van der Waals surface area contributed by atoms with E-state index in [0.29, 0.717) is 32.5 Å². The summed E-state index contributed by atoms with van der Waals surface area (Å²) >= 11 is 15.7. The number of carbonyl (C=O) groups is 4. The molecule has 9 nitrogen and oxygen atoms in total. The fourth-order valence-electron chi connectivity index (χ4n) is 3.51. The average molecular weight is 683 g/mol. The highest BCUT2D eigenvalue weighted by molar-refractivity contribution is 9.10. The van der Waals surface area contributed by atoms with E-state index in [1.54, 1.807) is 36.4 Å². The van der Waals surface area contributed by atoms with E-state index in [9.17, 15) is 23.6 Å². The molecule has 1 fully saturated rings. The number of nitrogens with zero attached hydrogens (tertiary/aromatic N) is 1. The zero-order valence-corrected chi connectivity index (χ0v) is 24.9. The third-order valence-corrected chi connectivity index (χ3v) is 7.86. The van der Waals surface area contributed by atoms with Crippen LogP contribution < -0.4 is 20.1 Å². The van der Waals surface area contributed by atoms with Crippen LogP contribution in [0.3, 0.4) is 0 Å². The highest BCUT2D eigenvalue weighted by Gasteiger charge is 2.36. The Labute approximate surface area is 256 Å². The molecule has 2 N–H and O–H groups in total. The van der Waals surface area contributed by atoms with Crippen molar-refractivity contribution in [3.8, 4) is 11.5 Å². The van der Waals surface area contributed by atoms with Crippen LogP contribution in [0, 0.1) is 5.82 Å². The van der Waals surface area contributed by atoms with Gasteiger partial charge in [0.2, 0.25) is 5.91 Å². The second-order valence-corrected chi connectivity index (χ2v) is 11.0. The van der Waals surface area contributed by atoms with E-state index >= 15 is 0 Å². The predicted octanol–water partition coefficient (Wildman–Crippen LogP) is 6.60. The molecule has 41 heavy (non-hydrogen) atoms. The van der Waals surface area contributed by atoms with E-state index in [1.807, 2.05) is 0 Å². The molecule has 0 aromatic heterocycles. The summed E-state index contributed by atoms with van der Waals surface area (Å²) in [5.74, 6) is -1.82. The summed E-state index contributed by atoms with van der Waals surface area (Å²) in [6.45, 7) is -0.851. The van der Waals surface area contributed by atoms with Crippen molar-refractivity contribution >= 4 is 91.3 Å². The van der Waals surface area contributed by atoms with Gasteiger partial charge in [0, 0.05) is 15.8 Å². The van der Waals surface area contributed by atoms with Gasteiger partial charge in [-0.05, 0) is 87.9 Å². The van der Waals surface area contributed by atoms with Crippen molar-refractivity contribution in [1.82, 2.24) is 4.90 Å².